The van der Waals surface area contributed by atoms with Crippen molar-refractivity contribution in [1.82, 2.24) is 5.32 Å². The Morgan fingerprint density at radius 2 is 1.85 bits per heavy atom. The molecule has 0 atom stereocenters. The van der Waals surface area contributed by atoms with Gasteiger partial charge in [-0.1, -0.05) is 6.07 Å². The van der Waals surface area contributed by atoms with E-state index in [4.69, 9.17) is 0 Å². The SMILES string of the molecule is CCNC(=O)c1ccc(C)c(NC(=O)/C=C/c2ccc([N+](=O)[O-])cc2)c1. The van der Waals surface area contributed by atoms with E-state index in [1.54, 1.807) is 36.4 Å². The summed E-state index contributed by atoms with van der Waals surface area (Å²) in [6.07, 6.45) is 2.89. The van der Waals surface area contributed by atoms with Gasteiger partial charge in [0.1, 0.15) is 0 Å². The van der Waals surface area contributed by atoms with Crippen molar-refractivity contribution in [2.75, 3.05) is 11.9 Å². The minimum absolute atomic E-state index is 0.00982. The lowest BCUT2D eigenvalue weighted by molar-refractivity contribution is -0.384. The fourth-order valence-corrected chi connectivity index (χ4v) is 2.21. The smallest absolute Gasteiger partial charge is 0.269 e. The van der Waals surface area contributed by atoms with Gasteiger partial charge in [0.25, 0.3) is 11.6 Å². The van der Waals surface area contributed by atoms with Crippen LogP contribution in [0.2, 0.25) is 0 Å². The molecule has 2 N–H and O–H groups in total. The van der Waals surface area contributed by atoms with Crippen LogP contribution in [-0.2, 0) is 4.79 Å². The van der Waals surface area contributed by atoms with Gasteiger partial charge >= 0.3 is 0 Å². The molecule has 2 aromatic rings. The van der Waals surface area contributed by atoms with Crippen molar-refractivity contribution in [3.05, 3.63) is 75.3 Å². The van der Waals surface area contributed by atoms with Crippen LogP contribution in [0.5, 0.6) is 0 Å². The predicted molar refractivity (Wildman–Crippen MR) is 99.9 cm³/mol. The first-order chi connectivity index (χ1) is 12.4. The maximum Gasteiger partial charge on any atom is 0.269 e. The Bertz CT molecular complexity index is 858. The zero-order valence-electron chi connectivity index (χ0n) is 14.5. The maximum atomic E-state index is 12.1. The Labute approximate surface area is 150 Å². The van der Waals surface area contributed by atoms with Crippen LogP contribution in [0.1, 0.15) is 28.4 Å². The number of nitro groups is 1. The summed E-state index contributed by atoms with van der Waals surface area (Å²) in [6.45, 7) is 4.18. The standard InChI is InChI=1S/C19H19N3O4/c1-3-20-19(24)15-8-4-13(2)17(12-15)21-18(23)11-7-14-5-9-16(10-6-14)22(25)26/h4-12H,3H2,1-2H3,(H,20,24)(H,21,23)/b11-7+. The lowest BCUT2D eigenvalue weighted by Crippen LogP contribution is -2.23. The van der Waals surface area contributed by atoms with E-state index < -0.39 is 4.92 Å². The van der Waals surface area contributed by atoms with E-state index in [1.165, 1.54) is 18.2 Å². The van der Waals surface area contributed by atoms with Crippen LogP contribution < -0.4 is 10.6 Å². The van der Waals surface area contributed by atoms with Crippen LogP contribution in [0.4, 0.5) is 11.4 Å². The highest BCUT2D eigenvalue weighted by Crippen LogP contribution is 2.17. The van der Waals surface area contributed by atoms with Gasteiger partial charge in [-0.25, -0.2) is 0 Å². The van der Waals surface area contributed by atoms with Crippen molar-refractivity contribution in [1.29, 1.82) is 0 Å². The average Bonchev–Trinajstić information content (AvgIpc) is 2.62. The van der Waals surface area contributed by atoms with Gasteiger partial charge in [0.2, 0.25) is 5.91 Å². The number of nitrogens with zero attached hydrogens (tertiary/aromatic N) is 1. The summed E-state index contributed by atoms with van der Waals surface area (Å²) in [5.41, 5.74) is 2.50. The highest BCUT2D eigenvalue weighted by Gasteiger charge is 2.08. The van der Waals surface area contributed by atoms with Crippen molar-refractivity contribution < 1.29 is 14.5 Å². The van der Waals surface area contributed by atoms with E-state index in [0.29, 0.717) is 23.4 Å². The molecular formula is C19H19N3O4. The molecule has 0 aliphatic carbocycles. The molecule has 0 saturated heterocycles. The number of non-ortho nitro benzene ring substituents is 1. The number of amides is 2. The van der Waals surface area contributed by atoms with Crippen molar-refractivity contribution >= 4 is 29.3 Å². The molecule has 0 saturated carbocycles. The Morgan fingerprint density at radius 1 is 1.15 bits per heavy atom. The first-order valence-electron chi connectivity index (χ1n) is 8.03. The molecule has 0 aliphatic heterocycles. The summed E-state index contributed by atoms with van der Waals surface area (Å²) in [7, 11) is 0. The van der Waals surface area contributed by atoms with Gasteiger partial charge in [-0.05, 0) is 55.3 Å². The van der Waals surface area contributed by atoms with Gasteiger partial charge in [-0.2, -0.15) is 0 Å². The summed E-state index contributed by atoms with van der Waals surface area (Å²) in [5, 5.41) is 16.1. The molecule has 0 bridgehead atoms. The third-order valence-electron chi connectivity index (χ3n) is 3.63. The highest BCUT2D eigenvalue weighted by molar-refractivity contribution is 6.03. The molecule has 0 radical (unpaired) electrons. The molecule has 0 aromatic heterocycles. The molecule has 0 heterocycles. The predicted octanol–water partition coefficient (Wildman–Crippen LogP) is 3.30. The largest absolute Gasteiger partial charge is 0.352 e. The van der Waals surface area contributed by atoms with Gasteiger partial charge in [0.05, 0.1) is 4.92 Å². The number of hydrogen-bond acceptors (Lipinski definition) is 4. The van der Waals surface area contributed by atoms with Crippen LogP contribution >= 0.6 is 0 Å². The van der Waals surface area contributed by atoms with Crippen LogP contribution in [0.3, 0.4) is 0 Å². The van der Waals surface area contributed by atoms with Crippen molar-refractivity contribution in [3.8, 4) is 0 Å². The number of nitro benzene ring substituents is 1. The quantitative estimate of drug-likeness (QED) is 0.472. The second-order valence-electron chi connectivity index (χ2n) is 5.56. The Morgan fingerprint density at radius 3 is 2.46 bits per heavy atom. The van der Waals surface area contributed by atoms with Gasteiger partial charge in [0, 0.05) is 36.0 Å². The van der Waals surface area contributed by atoms with Crippen LogP contribution in [-0.4, -0.2) is 23.3 Å². The summed E-state index contributed by atoms with van der Waals surface area (Å²) < 4.78 is 0. The van der Waals surface area contributed by atoms with Crippen molar-refractivity contribution in [2.24, 2.45) is 0 Å². The normalized spacial score (nSPS) is 10.5. The van der Waals surface area contributed by atoms with E-state index in [2.05, 4.69) is 10.6 Å². The van der Waals surface area contributed by atoms with Gasteiger partial charge < -0.3 is 10.6 Å². The minimum Gasteiger partial charge on any atom is -0.352 e. The topological polar surface area (TPSA) is 101 Å². The summed E-state index contributed by atoms with van der Waals surface area (Å²) in [6, 6.07) is 10.9. The molecule has 2 aromatic carbocycles. The number of carbonyl (C=O) groups excluding carboxylic acids is 2. The molecule has 134 valence electrons. The monoisotopic (exact) mass is 353 g/mol. The first-order valence-corrected chi connectivity index (χ1v) is 8.03. The van der Waals surface area contributed by atoms with E-state index in [-0.39, 0.29) is 17.5 Å². The fourth-order valence-electron chi connectivity index (χ4n) is 2.21. The number of aryl methyl sites for hydroxylation is 1. The third kappa shape index (κ3) is 5.01. The molecule has 0 unspecified atom stereocenters. The van der Waals surface area contributed by atoms with E-state index in [9.17, 15) is 19.7 Å². The summed E-state index contributed by atoms with van der Waals surface area (Å²) in [4.78, 5) is 34.2. The van der Waals surface area contributed by atoms with Crippen LogP contribution in [0, 0.1) is 17.0 Å². The summed E-state index contributed by atoms with van der Waals surface area (Å²) >= 11 is 0. The number of benzene rings is 2. The number of rotatable bonds is 6. The molecular weight excluding hydrogens is 334 g/mol. The van der Waals surface area contributed by atoms with E-state index >= 15 is 0 Å². The van der Waals surface area contributed by atoms with E-state index in [1.807, 2.05) is 13.8 Å². The lowest BCUT2D eigenvalue weighted by Gasteiger charge is -2.09. The molecule has 7 heteroatoms. The van der Waals surface area contributed by atoms with Gasteiger partial charge in [-0.3, -0.25) is 19.7 Å². The minimum atomic E-state index is -0.481. The van der Waals surface area contributed by atoms with Gasteiger partial charge in [-0.15, -0.1) is 0 Å². The third-order valence-corrected chi connectivity index (χ3v) is 3.63. The lowest BCUT2D eigenvalue weighted by atomic mass is 10.1. The van der Waals surface area contributed by atoms with Crippen LogP contribution in [0.25, 0.3) is 6.08 Å². The molecule has 0 fully saturated rings. The Balaban J connectivity index is 2.08. The second-order valence-corrected chi connectivity index (χ2v) is 5.56. The molecule has 7 nitrogen and oxygen atoms in total. The molecule has 2 rings (SSSR count). The Kier molecular flexibility index (Phi) is 6.21. The van der Waals surface area contributed by atoms with E-state index in [0.717, 1.165) is 5.56 Å². The zero-order chi connectivity index (χ0) is 19.1. The van der Waals surface area contributed by atoms with Gasteiger partial charge in [0.15, 0.2) is 0 Å². The molecule has 0 aliphatic rings. The molecule has 0 spiro atoms. The summed E-state index contributed by atoms with van der Waals surface area (Å²) in [5.74, 6) is -0.566. The van der Waals surface area contributed by atoms with Crippen molar-refractivity contribution in [3.63, 3.8) is 0 Å². The average molecular weight is 353 g/mol. The van der Waals surface area contributed by atoms with Crippen molar-refractivity contribution in [2.45, 2.75) is 13.8 Å². The highest BCUT2D eigenvalue weighted by atomic mass is 16.6. The number of carbonyl (C=O) groups is 2. The number of hydrogen-bond donors (Lipinski definition) is 2. The molecule has 26 heavy (non-hydrogen) atoms. The Hall–Kier alpha value is -3.48. The number of nitrogens with one attached hydrogen (secondary N) is 2. The first kappa shape index (κ1) is 18.9. The molecule has 2 amide bonds. The number of anilines is 1. The zero-order valence-corrected chi connectivity index (χ0v) is 14.5. The maximum absolute atomic E-state index is 12.1. The fraction of sp³-hybridized carbons (Fsp3) is 0.158. The van der Waals surface area contributed by atoms with Crippen LogP contribution in [0.15, 0.2) is 48.5 Å². The second kappa shape index (κ2) is 8.57.